The van der Waals surface area contributed by atoms with Crippen LogP contribution in [0.25, 0.3) is 0 Å². The minimum Gasteiger partial charge on any atom is -0.393 e. The van der Waals surface area contributed by atoms with E-state index in [9.17, 15) is 4.79 Å². The predicted molar refractivity (Wildman–Crippen MR) is 76.4 cm³/mol. The molecule has 1 amide bonds. The van der Waals surface area contributed by atoms with Crippen molar-refractivity contribution in [3.8, 4) is 0 Å². The Bertz CT molecular complexity index is 324. The van der Waals surface area contributed by atoms with Gasteiger partial charge < -0.3 is 10.6 Å². The summed E-state index contributed by atoms with van der Waals surface area (Å²) in [7, 11) is 0. The highest BCUT2D eigenvalue weighted by Gasteiger charge is 2.36. The van der Waals surface area contributed by atoms with E-state index in [-0.39, 0.29) is 11.9 Å². The van der Waals surface area contributed by atoms with Gasteiger partial charge in [-0.2, -0.15) is 0 Å². The minimum absolute atomic E-state index is 0.0232. The standard InChI is InChI=1S/C13H23N3OS/c1-10(13(17)15-7-2-3-8-15)16(11-4-5-11)9-6-12(14)18/h10-11H,2-9H2,1H3,(H2,14,18). The highest BCUT2D eigenvalue weighted by Crippen LogP contribution is 2.29. The summed E-state index contributed by atoms with van der Waals surface area (Å²) in [6.07, 6.45) is 5.41. The van der Waals surface area contributed by atoms with E-state index in [1.807, 2.05) is 11.8 Å². The molecule has 1 atom stereocenters. The summed E-state index contributed by atoms with van der Waals surface area (Å²) in [4.78, 5) is 17.2. The van der Waals surface area contributed by atoms with Gasteiger partial charge in [0.05, 0.1) is 11.0 Å². The molecule has 0 radical (unpaired) electrons. The Morgan fingerprint density at radius 1 is 1.44 bits per heavy atom. The first kappa shape index (κ1) is 13.7. The molecule has 5 heteroatoms. The summed E-state index contributed by atoms with van der Waals surface area (Å²) in [5.74, 6) is 0.280. The van der Waals surface area contributed by atoms with Crippen molar-refractivity contribution in [2.45, 2.75) is 51.1 Å². The molecule has 1 heterocycles. The number of thiocarbonyl (C=S) groups is 1. The van der Waals surface area contributed by atoms with Crippen LogP contribution >= 0.6 is 12.2 Å². The van der Waals surface area contributed by atoms with Gasteiger partial charge in [-0.05, 0) is 32.6 Å². The molecule has 2 rings (SSSR count). The maximum atomic E-state index is 12.4. The highest BCUT2D eigenvalue weighted by atomic mass is 32.1. The monoisotopic (exact) mass is 269 g/mol. The first-order valence-corrected chi connectivity index (χ1v) is 7.33. The molecule has 1 saturated heterocycles. The molecule has 18 heavy (non-hydrogen) atoms. The van der Waals surface area contributed by atoms with Gasteiger partial charge in [-0.25, -0.2) is 0 Å². The van der Waals surface area contributed by atoms with Gasteiger partial charge in [0, 0.05) is 32.1 Å². The number of likely N-dealkylation sites (tertiary alicyclic amines) is 1. The number of hydrogen-bond donors (Lipinski definition) is 1. The van der Waals surface area contributed by atoms with E-state index >= 15 is 0 Å². The Hall–Kier alpha value is -0.680. The van der Waals surface area contributed by atoms with Gasteiger partial charge in [0.15, 0.2) is 0 Å². The fourth-order valence-electron chi connectivity index (χ4n) is 2.68. The summed E-state index contributed by atoms with van der Waals surface area (Å²) < 4.78 is 0. The Morgan fingerprint density at radius 2 is 2.06 bits per heavy atom. The molecule has 1 saturated carbocycles. The molecule has 1 aliphatic carbocycles. The van der Waals surface area contributed by atoms with Crippen molar-refractivity contribution in [3.05, 3.63) is 0 Å². The second-order valence-corrected chi connectivity index (χ2v) is 5.92. The van der Waals surface area contributed by atoms with Gasteiger partial charge in [0.2, 0.25) is 5.91 Å². The lowest BCUT2D eigenvalue weighted by Gasteiger charge is -2.31. The van der Waals surface area contributed by atoms with Crippen molar-refractivity contribution >= 4 is 23.1 Å². The van der Waals surface area contributed by atoms with Crippen LogP contribution in [0.2, 0.25) is 0 Å². The second-order valence-electron chi connectivity index (χ2n) is 5.39. The Labute approximate surface area is 114 Å². The molecule has 0 bridgehead atoms. The molecule has 2 aliphatic rings. The van der Waals surface area contributed by atoms with Gasteiger partial charge in [-0.3, -0.25) is 9.69 Å². The van der Waals surface area contributed by atoms with Crippen LogP contribution in [0.4, 0.5) is 0 Å². The van der Waals surface area contributed by atoms with E-state index < -0.39 is 0 Å². The molecule has 2 fully saturated rings. The number of rotatable bonds is 6. The van der Waals surface area contributed by atoms with E-state index in [0.29, 0.717) is 17.5 Å². The third-order valence-corrected chi connectivity index (χ3v) is 4.11. The third-order valence-electron chi connectivity index (χ3n) is 3.90. The van der Waals surface area contributed by atoms with Crippen LogP contribution in [0.15, 0.2) is 0 Å². The number of nitrogens with zero attached hydrogens (tertiary/aromatic N) is 2. The van der Waals surface area contributed by atoms with Crippen molar-refractivity contribution in [3.63, 3.8) is 0 Å². The SMILES string of the molecule is CC(C(=O)N1CCCC1)N(CCC(N)=S)C1CC1. The number of hydrogen-bond acceptors (Lipinski definition) is 3. The molecule has 2 N–H and O–H groups in total. The summed E-state index contributed by atoms with van der Waals surface area (Å²) in [6, 6.07) is 0.547. The van der Waals surface area contributed by atoms with Gasteiger partial charge in [-0.1, -0.05) is 12.2 Å². The average molecular weight is 269 g/mol. The van der Waals surface area contributed by atoms with E-state index in [0.717, 1.165) is 32.5 Å². The first-order chi connectivity index (χ1) is 8.59. The van der Waals surface area contributed by atoms with E-state index in [1.54, 1.807) is 0 Å². The first-order valence-electron chi connectivity index (χ1n) is 6.92. The largest absolute Gasteiger partial charge is 0.393 e. The van der Waals surface area contributed by atoms with Crippen molar-refractivity contribution in [2.75, 3.05) is 19.6 Å². The van der Waals surface area contributed by atoms with Crippen LogP contribution in [0, 0.1) is 0 Å². The van der Waals surface area contributed by atoms with Crippen LogP contribution in [-0.4, -0.2) is 52.4 Å². The molecule has 1 aliphatic heterocycles. The van der Waals surface area contributed by atoms with Crippen LogP contribution in [0.5, 0.6) is 0 Å². The summed E-state index contributed by atoms with van der Waals surface area (Å²) in [5.41, 5.74) is 5.57. The van der Waals surface area contributed by atoms with Gasteiger partial charge in [-0.15, -0.1) is 0 Å². The van der Waals surface area contributed by atoms with Crippen LogP contribution in [0.3, 0.4) is 0 Å². The Morgan fingerprint density at radius 3 is 2.56 bits per heavy atom. The Balaban J connectivity index is 1.91. The topological polar surface area (TPSA) is 49.6 Å². The number of carbonyl (C=O) groups is 1. The lowest BCUT2D eigenvalue weighted by atomic mass is 10.2. The summed E-state index contributed by atoms with van der Waals surface area (Å²) in [5, 5.41) is 0. The maximum Gasteiger partial charge on any atom is 0.239 e. The van der Waals surface area contributed by atoms with Crippen molar-refractivity contribution in [1.82, 2.24) is 9.80 Å². The molecule has 0 spiro atoms. The van der Waals surface area contributed by atoms with Gasteiger partial charge >= 0.3 is 0 Å². The fourth-order valence-corrected chi connectivity index (χ4v) is 2.77. The second kappa shape index (κ2) is 5.97. The molecular formula is C13H23N3OS. The van der Waals surface area contributed by atoms with Crippen molar-refractivity contribution in [1.29, 1.82) is 0 Å². The lowest BCUT2D eigenvalue weighted by Crippen LogP contribution is -2.48. The van der Waals surface area contributed by atoms with Gasteiger partial charge in [0.25, 0.3) is 0 Å². The van der Waals surface area contributed by atoms with Crippen LogP contribution in [-0.2, 0) is 4.79 Å². The molecule has 1 unspecified atom stereocenters. The molecule has 4 nitrogen and oxygen atoms in total. The van der Waals surface area contributed by atoms with E-state index in [2.05, 4.69) is 4.90 Å². The zero-order valence-electron chi connectivity index (χ0n) is 11.1. The number of nitrogens with two attached hydrogens (primary N) is 1. The Kier molecular flexibility index (Phi) is 4.56. The molecule has 0 aromatic rings. The zero-order valence-corrected chi connectivity index (χ0v) is 11.9. The normalized spacial score (nSPS) is 21.3. The average Bonchev–Trinajstić information content (AvgIpc) is 3.02. The highest BCUT2D eigenvalue weighted by molar-refractivity contribution is 7.80. The van der Waals surface area contributed by atoms with E-state index in [4.69, 9.17) is 18.0 Å². The molecule has 0 aromatic heterocycles. The number of amides is 1. The summed E-state index contributed by atoms with van der Waals surface area (Å²) in [6.45, 7) is 4.70. The third kappa shape index (κ3) is 3.42. The fraction of sp³-hybridized carbons (Fsp3) is 0.846. The summed E-state index contributed by atoms with van der Waals surface area (Å²) >= 11 is 4.94. The van der Waals surface area contributed by atoms with Crippen LogP contribution < -0.4 is 5.73 Å². The molecular weight excluding hydrogens is 246 g/mol. The zero-order chi connectivity index (χ0) is 13.1. The molecule has 102 valence electrons. The lowest BCUT2D eigenvalue weighted by molar-refractivity contribution is -0.135. The van der Waals surface area contributed by atoms with Crippen molar-refractivity contribution in [2.24, 2.45) is 5.73 Å². The van der Waals surface area contributed by atoms with E-state index in [1.165, 1.54) is 12.8 Å². The molecule has 0 aromatic carbocycles. The number of carbonyl (C=O) groups excluding carboxylic acids is 1. The maximum absolute atomic E-state index is 12.4. The van der Waals surface area contributed by atoms with Crippen LogP contribution in [0.1, 0.15) is 39.0 Å². The quantitative estimate of drug-likeness (QED) is 0.735. The predicted octanol–water partition coefficient (Wildman–Crippen LogP) is 1.14. The van der Waals surface area contributed by atoms with Crippen molar-refractivity contribution < 1.29 is 4.79 Å². The minimum atomic E-state index is -0.0232. The van der Waals surface area contributed by atoms with Gasteiger partial charge in [0.1, 0.15) is 0 Å². The smallest absolute Gasteiger partial charge is 0.239 e.